The lowest BCUT2D eigenvalue weighted by Gasteiger charge is -1.98. The summed E-state index contributed by atoms with van der Waals surface area (Å²) < 4.78 is 1.60. The fourth-order valence-corrected chi connectivity index (χ4v) is 2.23. The molecule has 3 rings (SSSR count). The number of non-ortho nitro benzene ring substituents is 1. The van der Waals surface area contributed by atoms with E-state index in [-0.39, 0.29) is 5.69 Å². The Morgan fingerprint density at radius 1 is 1.24 bits per heavy atom. The van der Waals surface area contributed by atoms with Crippen LogP contribution in [0.4, 0.5) is 5.69 Å². The Balaban J connectivity index is 2.20. The van der Waals surface area contributed by atoms with E-state index in [1.54, 1.807) is 34.9 Å². The largest absolute Gasteiger partial charge is 0.289 e. The number of fused-ring (bicyclic) bond motifs is 1. The highest BCUT2D eigenvalue weighted by atomic mass is 35.5. The molecule has 6 nitrogen and oxygen atoms in total. The second kappa shape index (κ2) is 4.89. The van der Waals surface area contributed by atoms with Gasteiger partial charge in [0.05, 0.1) is 9.95 Å². The number of imidazole rings is 1. The third-order valence-electron chi connectivity index (χ3n) is 3.04. The first-order valence-corrected chi connectivity index (χ1v) is 6.30. The predicted octanol–water partition coefficient (Wildman–Crippen LogP) is 3.43. The Morgan fingerprint density at radius 2 is 1.95 bits per heavy atom. The molecule has 0 fully saturated rings. The van der Waals surface area contributed by atoms with E-state index < -0.39 is 4.92 Å². The maximum absolute atomic E-state index is 10.7. The predicted molar refractivity (Wildman–Crippen MR) is 77.0 cm³/mol. The Hall–Kier alpha value is -2.91. The van der Waals surface area contributed by atoms with Crippen LogP contribution in [-0.2, 0) is 0 Å². The SMILES string of the molecule is N#Cc1c(-c2ccc([N+](=O)[O-])cc2)nc2ccc(Cl)cn12. The Morgan fingerprint density at radius 3 is 2.57 bits per heavy atom. The van der Waals surface area contributed by atoms with Gasteiger partial charge in [-0.2, -0.15) is 5.26 Å². The summed E-state index contributed by atoms with van der Waals surface area (Å²) in [6.45, 7) is 0. The van der Waals surface area contributed by atoms with Gasteiger partial charge in [0.2, 0.25) is 0 Å². The molecular weight excluding hydrogens is 292 g/mol. The van der Waals surface area contributed by atoms with Gasteiger partial charge in [-0.1, -0.05) is 11.6 Å². The first-order valence-electron chi connectivity index (χ1n) is 5.92. The molecule has 21 heavy (non-hydrogen) atoms. The van der Waals surface area contributed by atoms with Crippen molar-refractivity contribution in [3.05, 3.63) is 63.4 Å². The normalized spacial score (nSPS) is 10.5. The molecule has 0 aliphatic carbocycles. The molecule has 0 N–H and O–H groups in total. The number of rotatable bonds is 2. The van der Waals surface area contributed by atoms with Crippen LogP contribution in [0.2, 0.25) is 5.02 Å². The number of nitro groups is 1. The third kappa shape index (κ3) is 2.20. The number of pyridine rings is 1. The number of hydrogen-bond donors (Lipinski definition) is 0. The molecule has 1 aromatic carbocycles. The number of halogens is 1. The van der Waals surface area contributed by atoms with Crippen LogP contribution in [0.5, 0.6) is 0 Å². The van der Waals surface area contributed by atoms with Crippen molar-refractivity contribution < 1.29 is 4.92 Å². The molecule has 0 atom stereocenters. The lowest BCUT2D eigenvalue weighted by atomic mass is 10.1. The van der Waals surface area contributed by atoms with Crippen LogP contribution in [0.1, 0.15) is 5.69 Å². The summed E-state index contributed by atoms with van der Waals surface area (Å²) >= 11 is 5.93. The molecule has 0 radical (unpaired) electrons. The Bertz CT molecular complexity index is 894. The molecule has 2 aromatic heterocycles. The van der Waals surface area contributed by atoms with Gasteiger partial charge in [0.1, 0.15) is 17.4 Å². The van der Waals surface area contributed by atoms with Crippen molar-refractivity contribution in [3.63, 3.8) is 0 Å². The zero-order valence-electron chi connectivity index (χ0n) is 10.5. The van der Waals surface area contributed by atoms with Gasteiger partial charge in [-0.05, 0) is 24.3 Å². The number of nitrogens with zero attached hydrogens (tertiary/aromatic N) is 4. The average molecular weight is 299 g/mol. The van der Waals surface area contributed by atoms with Gasteiger partial charge in [-0.3, -0.25) is 14.5 Å². The molecule has 3 aromatic rings. The second-order valence-corrected chi connectivity index (χ2v) is 4.74. The van der Waals surface area contributed by atoms with Crippen molar-refractivity contribution in [2.24, 2.45) is 0 Å². The lowest BCUT2D eigenvalue weighted by Crippen LogP contribution is -1.90. The highest BCUT2D eigenvalue weighted by Gasteiger charge is 2.15. The van der Waals surface area contributed by atoms with E-state index in [4.69, 9.17) is 11.6 Å². The maximum Gasteiger partial charge on any atom is 0.269 e. The van der Waals surface area contributed by atoms with Gasteiger partial charge in [0, 0.05) is 23.9 Å². The van der Waals surface area contributed by atoms with Crippen molar-refractivity contribution >= 4 is 22.9 Å². The standard InChI is InChI=1S/C14H7ClN4O2/c15-10-3-6-13-17-14(12(7-16)18(13)8-10)9-1-4-11(5-2-9)19(20)21/h1-6,8H. The minimum Gasteiger partial charge on any atom is -0.289 e. The van der Waals surface area contributed by atoms with Crippen LogP contribution >= 0.6 is 11.6 Å². The van der Waals surface area contributed by atoms with Crippen LogP contribution in [0.25, 0.3) is 16.9 Å². The fourth-order valence-electron chi connectivity index (χ4n) is 2.07. The van der Waals surface area contributed by atoms with Gasteiger partial charge < -0.3 is 0 Å². The Kier molecular flexibility index (Phi) is 3.05. The maximum atomic E-state index is 10.7. The lowest BCUT2D eigenvalue weighted by molar-refractivity contribution is -0.384. The number of hydrogen-bond acceptors (Lipinski definition) is 4. The zero-order valence-corrected chi connectivity index (χ0v) is 11.3. The summed E-state index contributed by atoms with van der Waals surface area (Å²) in [7, 11) is 0. The first-order chi connectivity index (χ1) is 10.1. The number of nitriles is 1. The number of nitro benzene ring substituents is 1. The van der Waals surface area contributed by atoms with Gasteiger partial charge in [0.25, 0.3) is 5.69 Å². The smallest absolute Gasteiger partial charge is 0.269 e. The quantitative estimate of drug-likeness (QED) is 0.536. The summed E-state index contributed by atoms with van der Waals surface area (Å²) in [5.74, 6) is 0. The molecule has 0 spiro atoms. The van der Waals surface area contributed by atoms with E-state index >= 15 is 0 Å². The minimum atomic E-state index is -0.474. The van der Waals surface area contributed by atoms with E-state index in [1.807, 2.05) is 0 Å². The van der Waals surface area contributed by atoms with Gasteiger partial charge in [0.15, 0.2) is 5.69 Å². The summed E-state index contributed by atoms with van der Waals surface area (Å²) in [6.07, 6.45) is 1.61. The fraction of sp³-hybridized carbons (Fsp3) is 0. The molecule has 0 amide bonds. The van der Waals surface area contributed by atoms with Crippen LogP contribution in [0.15, 0.2) is 42.6 Å². The average Bonchev–Trinajstić information content (AvgIpc) is 2.85. The van der Waals surface area contributed by atoms with Crippen LogP contribution < -0.4 is 0 Å². The van der Waals surface area contributed by atoms with Gasteiger partial charge in [-0.15, -0.1) is 0 Å². The van der Waals surface area contributed by atoms with E-state index in [1.165, 1.54) is 12.1 Å². The van der Waals surface area contributed by atoms with Crippen molar-refractivity contribution in [1.82, 2.24) is 9.38 Å². The van der Waals surface area contributed by atoms with Crippen LogP contribution in [0, 0.1) is 21.4 Å². The molecule has 0 bridgehead atoms. The van der Waals surface area contributed by atoms with Crippen molar-refractivity contribution in [3.8, 4) is 17.3 Å². The van der Waals surface area contributed by atoms with Crippen molar-refractivity contribution in [1.29, 1.82) is 5.26 Å². The molecule has 7 heteroatoms. The number of aromatic nitrogens is 2. The van der Waals surface area contributed by atoms with E-state index in [9.17, 15) is 15.4 Å². The van der Waals surface area contributed by atoms with Crippen LogP contribution in [-0.4, -0.2) is 14.3 Å². The van der Waals surface area contributed by atoms with Crippen LogP contribution in [0.3, 0.4) is 0 Å². The minimum absolute atomic E-state index is 0.0101. The first kappa shape index (κ1) is 13.1. The van der Waals surface area contributed by atoms with Crippen molar-refractivity contribution in [2.45, 2.75) is 0 Å². The highest BCUT2D eigenvalue weighted by molar-refractivity contribution is 6.30. The van der Waals surface area contributed by atoms with E-state index in [2.05, 4.69) is 11.1 Å². The monoisotopic (exact) mass is 298 g/mol. The molecule has 0 saturated carbocycles. The van der Waals surface area contributed by atoms with E-state index in [0.717, 1.165) is 0 Å². The molecule has 0 unspecified atom stereocenters. The summed E-state index contributed by atoms with van der Waals surface area (Å²) in [5, 5.41) is 20.5. The molecule has 0 aliphatic rings. The topological polar surface area (TPSA) is 84.2 Å². The van der Waals surface area contributed by atoms with E-state index in [0.29, 0.717) is 27.6 Å². The summed E-state index contributed by atoms with van der Waals surface area (Å²) in [6, 6.07) is 11.4. The summed E-state index contributed by atoms with van der Waals surface area (Å²) in [4.78, 5) is 14.6. The molecule has 0 aliphatic heterocycles. The zero-order chi connectivity index (χ0) is 15.0. The molecule has 102 valence electrons. The Labute approximate surface area is 124 Å². The third-order valence-corrected chi connectivity index (χ3v) is 3.26. The molecule has 0 saturated heterocycles. The van der Waals surface area contributed by atoms with Gasteiger partial charge in [-0.25, -0.2) is 4.98 Å². The number of benzene rings is 1. The molecular formula is C14H7ClN4O2. The molecule has 2 heterocycles. The summed E-state index contributed by atoms with van der Waals surface area (Å²) in [5.41, 5.74) is 2.02. The van der Waals surface area contributed by atoms with Gasteiger partial charge >= 0.3 is 0 Å². The highest BCUT2D eigenvalue weighted by Crippen LogP contribution is 2.26. The second-order valence-electron chi connectivity index (χ2n) is 4.30. The van der Waals surface area contributed by atoms with Crippen molar-refractivity contribution in [2.75, 3.05) is 0 Å².